The lowest BCUT2D eigenvalue weighted by Gasteiger charge is -2.20. The molecule has 0 spiro atoms. The van der Waals surface area contributed by atoms with Crippen LogP contribution in [0.4, 0.5) is 0 Å². The molecule has 2 heteroatoms. The predicted octanol–water partition coefficient (Wildman–Crippen LogP) is 3.09. The van der Waals surface area contributed by atoms with Gasteiger partial charge in [-0.3, -0.25) is 0 Å². The zero-order valence-electron chi connectivity index (χ0n) is 9.86. The quantitative estimate of drug-likeness (QED) is 0.849. The van der Waals surface area contributed by atoms with E-state index in [1.807, 2.05) is 17.8 Å². The van der Waals surface area contributed by atoms with Crippen molar-refractivity contribution in [1.82, 2.24) is 0 Å². The second-order valence-electron chi connectivity index (χ2n) is 4.87. The molecule has 1 nitrogen and oxygen atoms in total. The van der Waals surface area contributed by atoms with Gasteiger partial charge in [-0.1, -0.05) is 51.1 Å². The number of hydrogen-bond acceptors (Lipinski definition) is 2. The molecule has 0 bridgehead atoms. The van der Waals surface area contributed by atoms with E-state index >= 15 is 0 Å². The van der Waals surface area contributed by atoms with Gasteiger partial charge in [0, 0.05) is 16.5 Å². The van der Waals surface area contributed by atoms with Gasteiger partial charge in [0.05, 0.1) is 0 Å². The van der Waals surface area contributed by atoms with Crippen LogP contribution < -0.4 is 5.73 Å². The molecular weight excluding hydrogens is 202 g/mol. The van der Waals surface area contributed by atoms with Crippen molar-refractivity contribution in [1.29, 1.82) is 0 Å². The molecule has 0 aliphatic carbocycles. The third-order valence-corrected chi connectivity index (χ3v) is 3.53. The van der Waals surface area contributed by atoms with Crippen molar-refractivity contribution in [2.75, 3.05) is 5.75 Å². The van der Waals surface area contributed by atoms with Crippen molar-refractivity contribution in [2.24, 2.45) is 5.73 Å². The Morgan fingerprint density at radius 1 is 1.20 bits per heavy atom. The van der Waals surface area contributed by atoms with E-state index < -0.39 is 0 Å². The maximum absolute atomic E-state index is 6.09. The summed E-state index contributed by atoms with van der Waals surface area (Å²) in [6.07, 6.45) is 0.976. The summed E-state index contributed by atoms with van der Waals surface area (Å²) in [6.45, 7) is 6.69. The highest BCUT2D eigenvalue weighted by Gasteiger charge is 2.13. The zero-order valence-corrected chi connectivity index (χ0v) is 10.7. The minimum atomic E-state index is 0.261. The maximum Gasteiger partial charge on any atom is 0.0171 e. The van der Waals surface area contributed by atoms with Gasteiger partial charge in [-0.05, 0) is 12.0 Å². The lowest BCUT2D eigenvalue weighted by molar-refractivity contribution is 0.734. The molecule has 1 atom stereocenters. The molecule has 0 heterocycles. The highest BCUT2D eigenvalue weighted by Crippen LogP contribution is 2.23. The molecule has 0 fully saturated rings. The molecular formula is C13H21NS. The third kappa shape index (κ3) is 5.85. The van der Waals surface area contributed by atoms with E-state index in [1.165, 1.54) is 5.56 Å². The number of rotatable bonds is 4. The van der Waals surface area contributed by atoms with Crippen LogP contribution >= 0.6 is 11.8 Å². The van der Waals surface area contributed by atoms with Crippen LogP contribution in [0.25, 0.3) is 0 Å². The highest BCUT2D eigenvalue weighted by molar-refractivity contribution is 8.00. The van der Waals surface area contributed by atoms with Gasteiger partial charge >= 0.3 is 0 Å². The molecule has 0 saturated carbocycles. The lowest BCUT2D eigenvalue weighted by atomic mass is 10.1. The van der Waals surface area contributed by atoms with Gasteiger partial charge in [0.15, 0.2) is 0 Å². The van der Waals surface area contributed by atoms with Crippen LogP contribution in [-0.2, 0) is 6.42 Å². The van der Waals surface area contributed by atoms with Crippen LogP contribution in [0.15, 0.2) is 30.3 Å². The maximum atomic E-state index is 6.09. The summed E-state index contributed by atoms with van der Waals surface area (Å²) in [4.78, 5) is 0. The molecule has 1 unspecified atom stereocenters. The molecule has 0 amide bonds. The first-order chi connectivity index (χ1) is 6.97. The molecule has 1 aromatic carbocycles. The number of nitrogens with two attached hydrogens (primary N) is 1. The van der Waals surface area contributed by atoms with Crippen molar-refractivity contribution in [3.63, 3.8) is 0 Å². The molecule has 0 aromatic heterocycles. The van der Waals surface area contributed by atoms with Crippen LogP contribution in [-0.4, -0.2) is 16.5 Å². The van der Waals surface area contributed by atoms with Gasteiger partial charge in [0.1, 0.15) is 0 Å². The van der Waals surface area contributed by atoms with E-state index in [-0.39, 0.29) is 6.04 Å². The molecule has 1 rings (SSSR count). The largest absolute Gasteiger partial charge is 0.327 e. The topological polar surface area (TPSA) is 26.0 Å². The standard InChI is InChI=1S/C13H21NS/c1-13(2,3)15-10-12(14)9-11-7-5-4-6-8-11/h4-8,12H,9-10,14H2,1-3H3. The lowest BCUT2D eigenvalue weighted by Crippen LogP contribution is -2.27. The first kappa shape index (κ1) is 12.6. The second-order valence-corrected chi connectivity index (χ2v) is 6.72. The number of benzene rings is 1. The Morgan fingerprint density at radius 2 is 1.80 bits per heavy atom. The average Bonchev–Trinajstić information content (AvgIpc) is 2.15. The van der Waals surface area contributed by atoms with E-state index in [0.29, 0.717) is 4.75 Å². The van der Waals surface area contributed by atoms with Crippen molar-refractivity contribution < 1.29 is 0 Å². The smallest absolute Gasteiger partial charge is 0.0171 e. The fourth-order valence-electron chi connectivity index (χ4n) is 1.33. The zero-order chi connectivity index (χ0) is 11.3. The van der Waals surface area contributed by atoms with Crippen molar-refractivity contribution in [3.8, 4) is 0 Å². The fourth-order valence-corrected chi connectivity index (χ4v) is 2.16. The summed E-state index contributed by atoms with van der Waals surface area (Å²) in [5.41, 5.74) is 7.42. The molecule has 0 radical (unpaired) electrons. The molecule has 2 N–H and O–H groups in total. The van der Waals surface area contributed by atoms with Gasteiger partial charge in [0.2, 0.25) is 0 Å². The van der Waals surface area contributed by atoms with Gasteiger partial charge in [-0.2, -0.15) is 11.8 Å². The molecule has 0 saturated heterocycles. The summed E-state index contributed by atoms with van der Waals surface area (Å²) < 4.78 is 0.314. The number of hydrogen-bond donors (Lipinski definition) is 1. The van der Waals surface area contributed by atoms with Gasteiger partial charge in [0.25, 0.3) is 0 Å². The van der Waals surface area contributed by atoms with Gasteiger partial charge in [-0.15, -0.1) is 0 Å². The SMILES string of the molecule is CC(C)(C)SCC(N)Cc1ccccc1. The normalized spacial score (nSPS) is 13.9. The third-order valence-electron chi connectivity index (χ3n) is 2.07. The molecule has 0 aliphatic heterocycles. The minimum Gasteiger partial charge on any atom is -0.327 e. The van der Waals surface area contributed by atoms with Crippen LogP contribution in [0.5, 0.6) is 0 Å². The Kier molecular flexibility index (Phi) is 4.68. The Balaban J connectivity index is 2.34. The summed E-state index contributed by atoms with van der Waals surface area (Å²) in [6, 6.07) is 10.7. The molecule has 15 heavy (non-hydrogen) atoms. The first-order valence-corrected chi connectivity index (χ1v) is 6.39. The Labute approximate surface area is 97.4 Å². The summed E-state index contributed by atoms with van der Waals surface area (Å²) in [7, 11) is 0. The summed E-state index contributed by atoms with van der Waals surface area (Å²) in [5.74, 6) is 1.03. The average molecular weight is 223 g/mol. The van der Waals surface area contributed by atoms with E-state index in [0.717, 1.165) is 12.2 Å². The van der Waals surface area contributed by atoms with E-state index in [9.17, 15) is 0 Å². The second kappa shape index (κ2) is 5.57. The first-order valence-electron chi connectivity index (χ1n) is 5.41. The van der Waals surface area contributed by atoms with Crippen LogP contribution in [0, 0.1) is 0 Å². The van der Waals surface area contributed by atoms with E-state index in [2.05, 4.69) is 45.0 Å². The van der Waals surface area contributed by atoms with E-state index in [4.69, 9.17) is 5.73 Å². The monoisotopic (exact) mass is 223 g/mol. The number of thioether (sulfide) groups is 1. The van der Waals surface area contributed by atoms with Crippen molar-refractivity contribution in [2.45, 2.75) is 38.0 Å². The predicted molar refractivity (Wildman–Crippen MR) is 70.3 cm³/mol. The molecule has 1 aromatic rings. The Hall–Kier alpha value is -0.470. The van der Waals surface area contributed by atoms with E-state index in [1.54, 1.807) is 0 Å². The Morgan fingerprint density at radius 3 is 2.33 bits per heavy atom. The van der Waals surface area contributed by atoms with Gasteiger partial charge < -0.3 is 5.73 Å². The van der Waals surface area contributed by atoms with Gasteiger partial charge in [-0.25, -0.2) is 0 Å². The molecule has 0 aliphatic rings. The summed E-state index contributed by atoms with van der Waals surface area (Å²) >= 11 is 1.94. The van der Waals surface area contributed by atoms with Crippen molar-refractivity contribution in [3.05, 3.63) is 35.9 Å². The fraction of sp³-hybridized carbons (Fsp3) is 0.538. The van der Waals surface area contributed by atoms with Crippen LogP contribution in [0.2, 0.25) is 0 Å². The minimum absolute atomic E-state index is 0.261. The van der Waals surface area contributed by atoms with Crippen molar-refractivity contribution >= 4 is 11.8 Å². The van der Waals surface area contributed by atoms with Crippen LogP contribution in [0.3, 0.4) is 0 Å². The van der Waals surface area contributed by atoms with Crippen LogP contribution in [0.1, 0.15) is 26.3 Å². The summed E-state index contributed by atoms with van der Waals surface area (Å²) in [5, 5.41) is 0. The highest BCUT2D eigenvalue weighted by atomic mass is 32.2. The Bertz CT molecular complexity index is 276. The molecule has 84 valence electrons.